The number of hydrogen-bond acceptors (Lipinski definition) is 4. The summed E-state index contributed by atoms with van der Waals surface area (Å²) in [5, 5.41) is 6.63. The Hall–Kier alpha value is -2.76. The van der Waals surface area contributed by atoms with E-state index >= 15 is 0 Å². The molecule has 0 aliphatic heterocycles. The highest BCUT2D eigenvalue weighted by atomic mass is 16.5. The van der Waals surface area contributed by atoms with Crippen molar-refractivity contribution in [2.24, 2.45) is 0 Å². The summed E-state index contributed by atoms with van der Waals surface area (Å²) in [6.45, 7) is 8.11. The van der Waals surface area contributed by atoms with Gasteiger partial charge in [-0.05, 0) is 31.5 Å². The van der Waals surface area contributed by atoms with Crippen LogP contribution in [0.1, 0.15) is 17.0 Å². The molecular weight excluding hydrogens is 294 g/mol. The standard InChI is InChI=1S/C17H21N3O3/c1-5-10-22-15-8-6-14(7-9-15)11-20(4)17(21)18-16-12(2)19-23-13(16)3/h5-9H,1,10-11H2,2-4H3,(H,18,21). The van der Waals surface area contributed by atoms with Crippen LogP contribution in [0.25, 0.3) is 0 Å². The van der Waals surface area contributed by atoms with Crippen LogP contribution in [0.15, 0.2) is 41.4 Å². The molecule has 0 bridgehead atoms. The van der Waals surface area contributed by atoms with Crippen LogP contribution in [0.2, 0.25) is 0 Å². The van der Waals surface area contributed by atoms with Crippen LogP contribution in [-0.4, -0.2) is 29.7 Å². The van der Waals surface area contributed by atoms with Crippen molar-refractivity contribution in [3.8, 4) is 5.75 Å². The number of amides is 2. The van der Waals surface area contributed by atoms with Crippen LogP contribution in [0, 0.1) is 13.8 Å². The second kappa shape index (κ2) is 7.49. The number of aryl methyl sites for hydroxylation is 2. The van der Waals surface area contributed by atoms with Gasteiger partial charge in [0.25, 0.3) is 0 Å². The first kappa shape index (κ1) is 16.6. The van der Waals surface area contributed by atoms with Gasteiger partial charge in [-0.3, -0.25) is 0 Å². The third-order valence-electron chi connectivity index (χ3n) is 3.32. The van der Waals surface area contributed by atoms with Crippen molar-refractivity contribution < 1.29 is 14.1 Å². The van der Waals surface area contributed by atoms with E-state index in [1.807, 2.05) is 24.3 Å². The molecule has 2 rings (SSSR count). The van der Waals surface area contributed by atoms with Gasteiger partial charge in [0.1, 0.15) is 23.7 Å². The summed E-state index contributed by atoms with van der Waals surface area (Å²) in [5.74, 6) is 1.37. The number of benzene rings is 1. The number of urea groups is 1. The molecule has 0 aliphatic carbocycles. The monoisotopic (exact) mass is 315 g/mol. The summed E-state index contributed by atoms with van der Waals surface area (Å²) in [6, 6.07) is 7.39. The molecule has 6 nitrogen and oxygen atoms in total. The summed E-state index contributed by atoms with van der Waals surface area (Å²) < 4.78 is 10.5. The molecule has 1 heterocycles. The van der Waals surface area contributed by atoms with Gasteiger partial charge in [-0.2, -0.15) is 0 Å². The van der Waals surface area contributed by atoms with E-state index in [4.69, 9.17) is 9.26 Å². The predicted molar refractivity (Wildman–Crippen MR) is 88.6 cm³/mol. The second-order valence-corrected chi connectivity index (χ2v) is 5.23. The molecular formula is C17H21N3O3. The first-order valence-electron chi connectivity index (χ1n) is 7.29. The highest BCUT2D eigenvalue weighted by molar-refractivity contribution is 5.90. The zero-order chi connectivity index (χ0) is 16.8. The van der Waals surface area contributed by atoms with Crippen molar-refractivity contribution in [3.05, 3.63) is 53.9 Å². The lowest BCUT2D eigenvalue weighted by atomic mass is 10.2. The van der Waals surface area contributed by atoms with E-state index < -0.39 is 0 Å². The molecule has 1 aromatic heterocycles. The van der Waals surface area contributed by atoms with E-state index in [1.54, 1.807) is 31.9 Å². The van der Waals surface area contributed by atoms with E-state index in [0.29, 0.717) is 30.3 Å². The van der Waals surface area contributed by atoms with E-state index in [1.165, 1.54) is 0 Å². The number of carbonyl (C=O) groups is 1. The molecule has 2 amide bonds. The molecule has 0 fully saturated rings. The maximum atomic E-state index is 12.2. The molecule has 0 radical (unpaired) electrons. The zero-order valence-corrected chi connectivity index (χ0v) is 13.6. The molecule has 1 aromatic carbocycles. The number of nitrogens with zero attached hydrogens (tertiary/aromatic N) is 2. The van der Waals surface area contributed by atoms with E-state index in [9.17, 15) is 4.79 Å². The van der Waals surface area contributed by atoms with Crippen LogP contribution in [0.3, 0.4) is 0 Å². The summed E-state index contributed by atoms with van der Waals surface area (Å²) >= 11 is 0. The molecule has 122 valence electrons. The van der Waals surface area contributed by atoms with Gasteiger partial charge in [-0.15, -0.1) is 0 Å². The number of rotatable bonds is 6. The van der Waals surface area contributed by atoms with Gasteiger partial charge in [-0.25, -0.2) is 4.79 Å². The number of nitrogens with one attached hydrogen (secondary N) is 1. The van der Waals surface area contributed by atoms with Gasteiger partial charge in [0, 0.05) is 13.6 Å². The number of ether oxygens (including phenoxy) is 1. The van der Waals surface area contributed by atoms with Gasteiger partial charge >= 0.3 is 6.03 Å². The zero-order valence-electron chi connectivity index (χ0n) is 13.6. The minimum Gasteiger partial charge on any atom is -0.490 e. The quantitative estimate of drug-likeness (QED) is 0.828. The van der Waals surface area contributed by atoms with Crippen molar-refractivity contribution in [1.29, 1.82) is 0 Å². The number of hydrogen-bond donors (Lipinski definition) is 1. The predicted octanol–water partition coefficient (Wildman–Crippen LogP) is 3.52. The van der Waals surface area contributed by atoms with E-state index in [0.717, 1.165) is 11.3 Å². The third-order valence-corrected chi connectivity index (χ3v) is 3.32. The summed E-state index contributed by atoms with van der Waals surface area (Å²) in [6.07, 6.45) is 1.70. The molecule has 0 unspecified atom stereocenters. The Morgan fingerprint density at radius 2 is 2.09 bits per heavy atom. The minimum absolute atomic E-state index is 0.216. The average molecular weight is 315 g/mol. The molecule has 0 spiro atoms. The SMILES string of the molecule is C=CCOc1ccc(CN(C)C(=O)Nc2c(C)noc2C)cc1. The first-order valence-corrected chi connectivity index (χ1v) is 7.29. The van der Waals surface area contributed by atoms with Crippen LogP contribution >= 0.6 is 0 Å². The van der Waals surface area contributed by atoms with Crippen molar-refractivity contribution in [1.82, 2.24) is 10.1 Å². The smallest absolute Gasteiger partial charge is 0.322 e. The average Bonchev–Trinajstić information content (AvgIpc) is 2.86. The lowest BCUT2D eigenvalue weighted by Crippen LogP contribution is -2.31. The molecule has 0 aliphatic rings. The van der Waals surface area contributed by atoms with E-state index in [2.05, 4.69) is 17.1 Å². The Balaban J connectivity index is 1.94. The van der Waals surface area contributed by atoms with Gasteiger partial charge < -0.3 is 19.5 Å². The van der Waals surface area contributed by atoms with E-state index in [-0.39, 0.29) is 6.03 Å². The van der Waals surface area contributed by atoms with Crippen LogP contribution in [-0.2, 0) is 6.54 Å². The Kier molecular flexibility index (Phi) is 5.41. The van der Waals surface area contributed by atoms with Crippen molar-refractivity contribution in [3.63, 3.8) is 0 Å². The maximum absolute atomic E-state index is 12.2. The highest BCUT2D eigenvalue weighted by Crippen LogP contribution is 2.19. The minimum atomic E-state index is -0.216. The second-order valence-electron chi connectivity index (χ2n) is 5.23. The number of carbonyl (C=O) groups excluding carboxylic acids is 1. The Morgan fingerprint density at radius 1 is 1.39 bits per heavy atom. The summed E-state index contributed by atoms with van der Waals surface area (Å²) in [5.41, 5.74) is 2.29. The van der Waals surface area contributed by atoms with Gasteiger partial charge in [0.2, 0.25) is 0 Å². The van der Waals surface area contributed by atoms with Crippen molar-refractivity contribution in [2.75, 3.05) is 19.0 Å². The molecule has 6 heteroatoms. The van der Waals surface area contributed by atoms with Gasteiger partial charge in [-0.1, -0.05) is 29.9 Å². The van der Waals surface area contributed by atoms with Crippen LogP contribution in [0.4, 0.5) is 10.5 Å². The molecule has 1 N–H and O–H groups in total. The van der Waals surface area contributed by atoms with Crippen molar-refractivity contribution in [2.45, 2.75) is 20.4 Å². The molecule has 0 saturated heterocycles. The Morgan fingerprint density at radius 3 is 2.65 bits per heavy atom. The fraction of sp³-hybridized carbons (Fsp3) is 0.294. The topological polar surface area (TPSA) is 67.6 Å². The third kappa shape index (κ3) is 4.35. The largest absolute Gasteiger partial charge is 0.490 e. The Bertz CT molecular complexity index is 657. The molecule has 2 aromatic rings. The maximum Gasteiger partial charge on any atom is 0.322 e. The first-order chi connectivity index (χ1) is 11.0. The normalized spacial score (nSPS) is 10.2. The lowest BCUT2D eigenvalue weighted by molar-refractivity contribution is 0.220. The lowest BCUT2D eigenvalue weighted by Gasteiger charge is -2.18. The van der Waals surface area contributed by atoms with Crippen molar-refractivity contribution >= 4 is 11.7 Å². The molecule has 0 atom stereocenters. The van der Waals surface area contributed by atoms with Gasteiger partial charge in [0.15, 0.2) is 5.76 Å². The fourth-order valence-corrected chi connectivity index (χ4v) is 2.06. The molecule has 0 saturated carbocycles. The Labute approximate surface area is 135 Å². The summed E-state index contributed by atoms with van der Waals surface area (Å²) in [4.78, 5) is 13.8. The van der Waals surface area contributed by atoms with Crippen LogP contribution < -0.4 is 10.1 Å². The fourth-order valence-electron chi connectivity index (χ4n) is 2.06. The highest BCUT2D eigenvalue weighted by Gasteiger charge is 2.15. The number of anilines is 1. The summed E-state index contributed by atoms with van der Waals surface area (Å²) in [7, 11) is 1.73. The van der Waals surface area contributed by atoms with Crippen LogP contribution in [0.5, 0.6) is 5.75 Å². The van der Waals surface area contributed by atoms with Gasteiger partial charge in [0.05, 0.1) is 0 Å². The number of aromatic nitrogens is 1. The molecule has 23 heavy (non-hydrogen) atoms.